The summed E-state index contributed by atoms with van der Waals surface area (Å²) in [6.45, 7) is 0.190. The minimum Gasteiger partial charge on any atom is -0.480 e. The van der Waals surface area contributed by atoms with Crippen molar-refractivity contribution in [3.63, 3.8) is 0 Å². The molecule has 1 aliphatic heterocycles. The van der Waals surface area contributed by atoms with Gasteiger partial charge in [-0.2, -0.15) is 0 Å². The fraction of sp³-hybridized carbons (Fsp3) is 0.273. The Balaban J connectivity index is 2.45. The van der Waals surface area contributed by atoms with Gasteiger partial charge in [0, 0.05) is 11.5 Å². The Morgan fingerprint density at radius 3 is 2.71 bits per heavy atom. The summed E-state index contributed by atoms with van der Waals surface area (Å²) >= 11 is 3.32. The standard InChI is InChI=1S/C11H11BrN2O3/c1-13-6-9(10(15)16)14(11(13)17)8-5-3-2-4-7(8)12/h2-5,9H,6H2,1H3,(H,15,16). The smallest absolute Gasteiger partial charge is 0.328 e. The van der Waals surface area contributed by atoms with E-state index in [0.717, 1.165) is 0 Å². The molecule has 6 heteroatoms. The Morgan fingerprint density at radius 2 is 2.12 bits per heavy atom. The van der Waals surface area contributed by atoms with Crippen molar-refractivity contribution in [2.75, 3.05) is 18.5 Å². The van der Waals surface area contributed by atoms with E-state index in [1.807, 2.05) is 6.07 Å². The predicted molar refractivity (Wildman–Crippen MR) is 66.1 cm³/mol. The van der Waals surface area contributed by atoms with E-state index in [-0.39, 0.29) is 12.6 Å². The zero-order chi connectivity index (χ0) is 12.6. The Hall–Kier alpha value is -1.56. The number of carbonyl (C=O) groups excluding carboxylic acids is 1. The first-order valence-electron chi connectivity index (χ1n) is 5.04. The fourth-order valence-electron chi connectivity index (χ4n) is 1.84. The van der Waals surface area contributed by atoms with Crippen LogP contribution in [0.2, 0.25) is 0 Å². The van der Waals surface area contributed by atoms with Crippen molar-refractivity contribution in [2.45, 2.75) is 6.04 Å². The lowest BCUT2D eigenvalue weighted by Crippen LogP contribution is -2.39. The van der Waals surface area contributed by atoms with E-state index in [1.165, 1.54) is 9.80 Å². The average Bonchev–Trinajstić information content (AvgIpc) is 2.57. The summed E-state index contributed by atoms with van der Waals surface area (Å²) in [5, 5.41) is 9.14. The number of amides is 2. The molecule has 90 valence electrons. The lowest BCUT2D eigenvalue weighted by atomic mass is 10.2. The normalized spacial score (nSPS) is 19.9. The van der Waals surface area contributed by atoms with Crippen molar-refractivity contribution in [1.29, 1.82) is 0 Å². The number of urea groups is 1. The maximum Gasteiger partial charge on any atom is 0.328 e. The number of benzene rings is 1. The number of hydrogen-bond donors (Lipinski definition) is 1. The second-order valence-electron chi connectivity index (χ2n) is 3.84. The van der Waals surface area contributed by atoms with Crippen molar-refractivity contribution in [2.24, 2.45) is 0 Å². The molecule has 1 unspecified atom stereocenters. The highest BCUT2D eigenvalue weighted by atomic mass is 79.9. The Kier molecular flexibility index (Phi) is 3.06. The van der Waals surface area contributed by atoms with Crippen LogP contribution in [0.1, 0.15) is 0 Å². The lowest BCUT2D eigenvalue weighted by Gasteiger charge is -2.21. The Morgan fingerprint density at radius 1 is 1.47 bits per heavy atom. The number of hydrogen-bond acceptors (Lipinski definition) is 2. The molecule has 1 N–H and O–H groups in total. The van der Waals surface area contributed by atoms with Gasteiger partial charge in [-0.25, -0.2) is 9.59 Å². The molecule has 17 heavy (non-hydrogen) atoms. The van der Waals surface area contributed by atoms with Crippen LogP contribution < -0.4 is 4.90 Å². The fourth-order valence-corrected chi connectivity index (χ4v) is 2.32. The number of halogens is 1. The molecule has 0 aliphatic carbocycles. The van der Waals surface area contributed by atoms with Gasteiger partial charge in [-0.3, -0.25) is 4.90 Å². The average molecular weight is 299 g/mol. The number of rotatable bonds is 2. The molecule has 2 amide bonds. The van der Waals surface area contributed by atoms with Gasteiger partial charge in [-0.1, -0.05) is 12.1 Å². The Bertz CT molecular complexity index is 478. The van der Waals surface area contributed by atoms with Gasteiger partial charge in [0.1, 0.15) is 0 Å². The number of carboxylic acids is 1. The number of carboxylic acid groups (broad SMARTS) is 1. The van der Waals surface area contributed by atoms with Crippen molar-refractivity contribution >= 4 is 33.6 Å². The van der Waals surface area contributed by atoms with E-state index in [1.54, 1.807) is 25.2 Å². The van der Waals surface area contributed by atoms with E-state index in [4.69, 9.17) is 5.11 Å². The van der Waals surface area contributed by atoms with Gasteiger partial charge < -0.3 is 10.0 Å². The number of para-hydroxylation sites is 1. The summed E-state index contributed by atoms with van der Waals surface area (Å²) in [7, 11) is 1.59. The molecule has 1 aromatic carbocycles. The maximum atomic E-state index is 11.9. The van der Waals surface area contributed by atoms with Gasteiger partial charge in [-0.05, 0) is 28.1 Å². The summed E-state index contributed by atoms with van der Waals surface area (Å²) in [4.78, 5) is 25.8. The maximum absolute atomic E-state index is 11.9. The van der Waals surface area contributed by atoms with Crippen LogP contribution in [-0.4, -0.2) is 41.6 Å². The molecule has 1 atom stereocenters. The first-order valence-corrected chi connectivity index (χ1v) is 5.83. The number of anilines is 1. The van der Waals surface area contributed by atoms with Crippen LogP contribution in [0.25, 0.3) is 0 Å². The topological polar surface area (TPSA) is 60.9 Å². The van der Waals surface area contributed by atoms with E-state index >= 15 is 0 Å². The van der Waals surface area contributed by atoms with Crippen LogP contribution in [0.4, 0.5) is 10.5 Å². The summed E-state index contributed by atoms with van der Waals surface area (Å²) in [6.07, 6.45) is 0. The van der Waals surface area contributed by atoms with Crippen molar-refractivity contribution in [1.82, 2.24) is 4.90 Å². The molecule has 1 saturated heterocycles. The number of likely N-dealkylation sites (N-methyl/N-ethyl adjacent to an activating group) is 1. The Labute approximate surface area is 107 Å². The van der Waals surface area contributed by atoms with Crippen LogP contribution in [0.5, 0.6) is 0 Å². The van der Waals surface area contributed by atoms with Crippen molar-refractivity contribution in [3.05, 3.63) is 28.7 Å². The van der Waals surface area contributed by atoms with Crippen LogP contribution in [0, 0.1) is 0 Å². The van der Waals surface area contributed by atoms with Crippen LogP contribution in [0.15, 0.2) is 28.7 Å². The van der Waals surface area contributed by atoms with Gasteiger partial charge in [0.05, 0.1) is 12.2 Å². The highest BCUT2D eigenvalue weighted by Gasteiger charge is 2.41. The molecule has 0 spiro atoms. The first-order chi connectivity index (χ1) is 8.02. The van der Waals surface area contributed by atoms with E-state index < -0.39 is 12.0 Å². The first kappa shape index (κ1) is 11.9. The number of nitrogens with zero attached hydrogens (tertiary/aromatic N) is 2. The van der Waals surface area contributed by atoms with Gasteiger partial charge in [0.2, 0.25) is 0 Å². The second-order valence-corrected chi connectivity index (χ2v) is 4.69. The van der Waals surface area contributed by atoms with E-state index in [0.29, 0.717) is 10.2 Å². The van der Waals surface area contributed by atoms with E-state index in [9.17, 15) is 9.59 Å². The van der Waals surface area contributed by atoms with E-state index in [2.05, 4.69) is 15.9 Å². The summed E-state index contributed by atoms with van der Waals surface area (Å²) < 4.78 is 0.704. The number of aliphatic carboxylic acids is 1. The third kappa shape index (κ3) is 2.00. The highest BCUT2D eigenvalue weighted by molar-refractivity contribution is 9.10. The lowest BCUT2D eigenvalue weighted by molar-refractivity contribution is -0.138. The summed E-state index contributed by atoms with van der Waals surface area (Å²) in [6, 6.07) is 5.94. The van der Waals surface area contributed by atoms with Crippen LogP contribution >= 0.6 is 15.9 Å². The highest BCUT2D eigenvalue weighted by Crippen LogP contribution is 2.31. The summed E-state index contributed by atoms with van der Waals surface area (Å²) in [5.74, 6) is -1.00. The third-order valence-electron chi connectivity index (χ3n) is 2.69. The molecule has 1 heterocycles. The SMILES string of the molecule is CN1CC(C(=O)O)N(c2ccccc2Br)C1=O. The minimum absolute atomic E-state index is 0.190. The molecule has 0 saturated carbocycles. The van der Waals surface area contributed by atoms with Crippen LogP contribution in [0.3, 0.4) is 0 Å². The molecule has 0 bridgehead atoms. The minimum atomic E-state index is -1.00. The third-order valence-corrected chi connectivity index (χ3v) is 3.36. The summed E-state index contributed by atoms with van der Waals surface area (Å²) in [5.41, 5.74) is 0.578. The van der Waals surface area contributed by atoms with Crippen molar-refractivity contribution < 1.29 is 14.7 Å². The van der Waals surface area contributed by atoms with Gasteiger partial charge in [-0.15, -0.1) is 0 Å². The molecule has 0 radical (unpaired) electrons. The molecule has 0 aromatic heterocycles. The molecular formula is C11H11BrN2O3. The largest absolute Gasteiger partial charge is 0.480 e. The quantitative estimate of drug-likeness (QED) is 0.905. The zero-order valence-corrected chi connectivity index (χ0v) is 10.7. The monoisotopic (exact) mass is 298 g/mol. The predicted octanol–water partition coefficient (Wildman–Crippen LogP) is 1.77. The second kappa shape index (κ2) is 4.37. The molecule has 2 rings (SSSR count). The molecule has 1 fully saturated rings. The van der Waals surface area contributed by atoms with Gasteiger partial charge in [0.15, 0.2) is 6.04 Å². The number of carbonyl (C=O) groups is 2. The van der Waals surface area contributed by atoms with Crippen molar-refractivity contribution in [3.8, 4) is 0 Å². The molecule has 5 nitrogen and oxygen atoms in total. The molecular weight excluding hydrogens is 288 g/mol. The van der Waals surface area contributed by atoms with Gasteiger partial charge >= 0.3 is 12.0 Å². The molecule has 1 aliphatic rings. The molecule has 1 aromatic rings. The van der Waals surface area contributed by atoms with Crippen LogP contribution in [-0.2, 0) is 4.79 Å². The zero-order valence-electron chi connectivity index (χ0n) is 9.13. The van der Waals surface area contributed by atoms with Gasteiger partial charge in [0.25, 0.3) is 0 Å².